The van der Waals surface area contributed by atoms with Crippen molar-refractivity contribution >= 4 is 35.1 Å². The standard InChI is InChI=1S/C26H30O8/c1-15(2)23(29)9-7-11-33-25(31)21-13-20(18(6)28)22(14-19(21)17(5)27)26(32)34-12-8-10-24(30)16(3)4/h13-14H,1,3,7-12H2,2,4-6H3. The Bertz CT molecular complexity index is 961. The maximum absolute atomic E-state index is 12.6. The monoisotopic (exact) mass is 470 g/mol. The fraction of sp³-hybridized carbons (Fsp3) is 0.385. The van der Waals surface area contributed by atoms with Gasteiger partial charge in [-0.3, -0.25) is 19.2 Å². The minimum atomic E-state index is -0.853. The molecule has 8 nitrogen and oxygen atoms in total. The van der Waals surface area contributed by atoms with Gasteiger partial charge in [0, 0.05) is 24.0 Å². The Morgan fingerprint density at radius 2 is 0.941 bits per heavy atom. The minimum Gasteiger partial charge on any atom is -0.462 e. The number of rotatable bonds is 14. The van der Waals surface area contributed by atoms with Crippen molar-refractivity contribution in [2.45, 2.75) is 53.4 Å². The molecule has 0 amide bonds. The number of benzene rings is 1. The van der Waals surface area contributed by atoms with Crippen molar-refractivity contribution in [2.75, 3.05) is 13.2 Å². The summed E-state index contributed by atoms with van der Waals surface area (Å²) >= 11 is 0. The highest BCUT2D eigenvalue weighted by Crippen LogP contribution is 2.21. The van der Waals surface area contributed by atoms with Gasteiger partial charge in [0.15, 0.2) is 23.1 Å². The molecule has 0 saturated heterocycles. The third-order valence-electron chi connectivity index (χ3n) is 4.87. The summed E-state index contributed by atoms with van der Waals surface area (Å²) < 4.78 is 10.3. The van der Waals surface area contributed by atoms with E-state index in [1.807, 2.05) is 0 Å². The maximum Gasteiger partial charge on any atom is 0.338 e. The van der Waals surface area contributed by atoms with Gasteiger partial charge in [-0.15, -0.1) is 0 Å². The smallest absolute Gasteiger partial charge is 0.338 e. The van der Waals surface area contributed by atoms with Crippen molar-refractivity contribution < 1.29 is 38.2 Å². The van der Waals surface area contributed by atoms with Gasteiger partial charge in [-0.2, -0.15) is 0 Å². The van der Waals surface area contributed by atoms with E-state index in [2.05, 4.69) is 13.2 Å². The Morgan fingerprint density at radius 1 is 0.618 bits per heavy atom. The summed E-state index contributed by atoms with van der Waals surface area (Å²) in [4.78, 5) is 72.7. The molecule has 0 saturated carbocycles. The number of hydrogen-bond donors (Lipinski definition) is 0. The zero-order valence-corrected chi connectivity index (χ0v) is 20.1. The molecule has 1 aromatic rings. The first-order valence-corrected chi connectivity index (χ1v) is 10.8. The molecule has 0 aliphatic heterocycles. The lowest BCUT2D eigenvalue weighted by Crippen LogP contribution is -2.18. The second-order valence-corrected chi connectivity index (χ2v) is 7.94. The van der Waals surface area contributed by atoms with E-state index in [-0.39, 0.29) is 72.7 Å². The average molecular weight is 471 g/mol. The lowest BCUT2D eigenvalue weighted by molar-refractivity contribution is -0.116. The lowest BCUT2D eigenvalue weighted by Gasteiger charge is -2.13. The van der Waals surface area contributed by atoms with E-state index < -0.39 is 23.5 Å². The number of esters is 2. The van der Waals surface area contributed by atoms with Crippen molar-refractivity contribution in [3.8, 4) is 0 Å². The topological polar surface area (TPSA) is 121 Å². The Morgan fingerprint density at radius 3 is 1.21 bits per heavy atom. The van der Waals surface area contributed by atoms with Gasteiger partial charge in [-0.1, -0.05) is 13.2 Å². The lowest BCUT2D eigenvalue weighted by atomic mass is 9.94. The minimum absolute atomic E-state index is 0.0721. The summed E-state index contributed by atoms with van der Waals surface area (Å²) in [6, 6.07) is 2.28. The molecule has 182 valence electrons. The molecule has 1 aromatic carbocycles. The number of allylic oxidation sites excluding steroid dienone is 2. The van der Waals surface area contributed by atoms with E-state index in [1.165, 1.54) is 13.8 Å². The molecule has 0 aliphatic carbocycles. The van der Waals surface area contributed by atoms with Crippen molar-refractivity contribution in [1.29, 1.82) is 0 Å². The molecule has 0 aromatic heterocycles. The molecular formula is C26H30O8. The van der Waals surface area contributed by atoms with Crippen molar-refractivity contribution in [1.82, 2.24) is 0 Å². The molecule has 0 fully saturated rings. The van der Waals surface area contributed by atoms with Gasteiger partial charge in [0.25, 0.3) is 0 Å². The van der Waals surface area contributed by atoms with Crippen LogP contribution in [0.3, 0.4) is 0 Å². The molecule has 0 aliphatic rings. The van der Waals surface area contributed by atoms with Crippen molar-refractivity contribution in [2.24, 2.45) is 0 Å². The third kappa shape index (κ3) is 8.35. The summed E-state index contributed by atoms with van der Waals surface area (Å²) in [6.45, 7) is 12.6. The normalized spacial score (nSPS) is 10.2. The summed E-state index contributed by atoms with van der Waals surface area (Å²) in [5.74, 6) is -3.03. The van der Waals surface area contributed by atoms with E-state index >= 15 is 0 Å². The Balaban J connectivity index is 3.04. The molecule has 0 N–H and O–H groups in total. The molecule has 1 rings (SSSR count). The SMILES string of the molecule is C=C(C)C(=O)CCCOC(=O)c1cc(C(C)=O)c(C(=O)OCCCC(=O)C(=C)C)cc1C(C)=O. The van der Waals surface area contributed by atoms with Gasteiger partial charge < -0.3 is 9.47 Å². The third-order valence-corrected chi connectivity index (χ3v) is 4.87. The second kappa shape index (κ2) is 13.1. The zero-order chi connectivity index (χ0) is 26.0. The fourth-order valence-corrected chi connectivity index (χ4v) is 2.90. The summed E-state index contributed by atoms with van der Waals surface area (Å²) in [5.41, 5.74) is 0.289. The first-order chi connectivity index (χ1) is 15.9. The van der Waals surface area contributed by atoms with Crippen LogP contribution in [-0.2, 0) is 19.1 Å². The Labute approximate surface area is 199 Å². The van der Waals surface area contributed by atoms with Crippen molar-refractivity contribution in [3.05, 3.63) is 58.7 Å². The van der Waals surface area contributed by atoms with Crippen LogP contribution in [0.1, 0.15) is 94.8 Å². The van der Waals surface area contributed by atoms with Gasteiger partial charge in [0.05, 0.1) is 24.3 Å². The van der Waals surface area contributed by atoms with Gasteiger partial charge in [0.1, 0.15) is 0 Å². The highest BCUT2D eigenvalue weighted by atomic mass is 16.5. The zero-order valence-electron chi connectivity index (χ0n) is 20.1. The highest BCUT2D eigenvalue weighted by Gasteiger charge is 2.25. The second-order valence-electron chi connectivity index (χ2n) is 7.94. The summed E-state index contributed by atoms with van der Waals surface area (Å²) in [6.07, 6.45) is 0.850. The number of ketones is 4. The summed E-state index contributed by atoms with van der Waals surface area (Å²) in [5, 5.41) is 0. The van der Waals surface area contributed by atoms with Crippen LogP contribution < -0.4 is 0 Å². The number of hydrogen-bond acceptors (Lipinski definition) is 8. The fourth-order valence-electron chi connectivity index (χ4n) is 2.90. The first kappa shape index (κ1) is 28.4. The van der Waals surface area contributed by atoms with Crippen LogP contribution in [0, 0.1) is 0 Å². The molecule has 0 heterocycles. The Kier molecular flexibility index (Phi) is 10.9. The van der Waals surface area contributed by atoms with E-state index in [0.717, 1.165) is 12.1 Å². The number of carbonyl (C=O) groups is 6. The molecular weight excluding hydrogens is 440 g/mol. The van der Waals surface area contributed by atoms with E-state index in [0.29, 0.717) is 11.1 Å². The highest BCUT2D eigenvalue weighted by molar-refractivity contribution is 6.12. The van der Waals surface area contributed by atoms with E-state index in [4.69, 9.17) is 9.47 Å². The van der Waals surface area contributed by atoms with Crippen LogP contribution in [0.2, 0.25) is 0 Å². The van der Waals surface area contributed by atoms with E-state index in [1.54, 1.807) is 13.8 Å². The van der Waals surface area contributed by atoms with Gasteiger partial charge >= 0.3 is 11.9 Å². The molecule has 0 radical (unpaired) electrons. The number of carbonyl (C=O) groups excluding carboxylic acids is 6. The van der Waals surface area contributed by atoms with Crippen LogP contribution in [0.15, 0.2) is 36.4 Å². The maximum atomic E-state index is 12.6. The van der Waals surface area contributed by atoms with Crippen LogP contribution in [-0.4, -0.2) is 48.3 Å². The van der Waals surface area contributed by atoms with Crippen LogP contribution in [0.25, 0.3) is 0 Å². The molecule has 34 heavy (non-hydrogen) atoms. The predicted octanol–water partition coefficient (Wildman–Crippen LogP) is 4.26. The predicted molar refractivity (Wildman–Crippen MR) is 125 cm³/mol. The quantitative estimate of drug-likeness (QED) is 0.171. The van der Waals surface area contributed by atoms with Crippen molar-refractivity contribution in [3.63, 3.8) is 0 Å². The van der Waals surface area contributed by atoms with Gasteiger partial charge in [-0.25, -0.2) is 9.59 Å². The number of ether oxygens (including phenoxy) is 2. The molecule has 8 heteroatoms. The van der Waals surface area contributed by atoms with Gasteiger partial charge in [0.2, 0.25) is 0 Å². The van der Waals surface area contributed by atoms with E-state index in [9.17, 15) is 28.8 Å². The molecule has 0 bridgehead atoms. The van der Waals surface area contributed by atoms with Crippen LogP contribution in [0.4, 0.5) is 0 Å². The average Bonchev–Trinajstić information content (AvgIpc) is 2.77. The molecule has 0 unspecified atom stereocenters. The molecule has 0 spiro atoms. The van der Waals surface area contributed by atoms with Gasteiger partial charge in [-0.05, 0) is 63.8 Å². The largest absolute Gasteiger partial charge is 0.462 e. The Hall–Kier alpha value is -3.68. The van der Waals surface area contributed by atoms with Crippen LogP contribution in [0.5, 0.6) is 0 Å². The summed E-state index contributed by atoms with van der Waals surface area (Å²) in [7, 11) is 0. The first-order valence-electron chi connectivity index (χ1n) is 10.8. The van der Waals surface area contributed by atoms with Crippen LogP contribution >= 0.6 is 0 Å². The molecule has 0 atom stereocenters. The number of Topliss-reactive ketones (excluding diaryl/α,β-unsaturated/α-hetero) is 4.